The van der Waals surface area contributed by atoms with Crippen LogP contribution in [0.1, 0.15) is 27.2 Å². The normalized spacial score (nSPS) is 10.9. The van der Waals surface area contributed by atoms with Gasteiger partial charge in [0.25, 0.3) is 5.91 Å². The van der Waals surface area contributed by atoms with E-state index in [1.807, 2.05) is 43.3 Å². The first kappa shape index (κ1) is 17.8. The molecular weight excluding hydrogens is 354 g/mol. The highest BCUT2D eigenvalue weighted by atomic mass is 16.4. The molecule has 0 fully saturated rings. The van der Waals surface area contributed by atoms with Crippen LogP contribution in [0.25, 0.3) is 11.0 Å². The minimum Gasteiger partial charge on any atom is -0.467 e. The van der Waals surface area contributed by atoms with E-state index >= 15 is 0 Å². The average molecular weight is 373 g/mol. The van der Waals surface area contributed by atoms with Gasteiger partial charge in [-0.25, -0.2) is 4.79 Å². The van der Waals surface area contributed by atoms with Gasteiger partial charge in [0.05, 0.1) is 12.8 Å². The van der Waals surface area contributed by atoms with Crippen LogP contribution in [0.15, 0.2) is 86.6 Å². The Morgan fingerprint density at radius 2 is 1.75 bits per heavy atom. The summed E-state index contributed by atoms with van der Waals surface area (Å²) >= 11 is 0. The zero-order valence-corrected chi connectivity index (χ0v) is 15.4. The number of amides is 1. The Morgan fingerprint density at radius 3 is 2.50 bits per heavy atom. The van der Waals surface area contributed by atoms with Gasteiger partial charge < -0.3 is 13.7 Å². The summed E-state index contributed by atoms with van der Waals surface area (Å²) in [5, 5.41) is 0.707. The third kappa shape index (κ3) is 3.74. The maximum atomic E-state index is 13.2. The zero-order valence-electron chi connectivity index (χ0n) is 15.4. The number of rotatable bonds is 5. The second-order valence-electron chi connectivity index (χ2n) is 6.71. The van der Waals surface area contributed by atoms with Crippen LogP contribution in [-0.4, -0.2) is 10.8 Å². The van der Waals surface area contributed by atoms with E-state index < -0.39 is 11.5 Å². The molecule has 140 valence electrons. The molecule has 0 atom stereocenters. The van der Waals surface area contributed by atoms with Gasteiger partial charge in [-0.1, -0.05) is 48.0 Å². The summed E-state index contributed by atoms with van der Waals surface area (Å²) in [4.78, 5) is 27.3. The number of carbonyl (C=O) groups excluding carboxylic acids is 1. The number of carbonyl (C=O) groups is 1. The van der Waals surface area contributed by atoms with E-state index in [-0.39, 0.29) is 12.1 Å². The van der Waals surface area contributed by atoms with Gasteiger partial charge in [-0.2, -0.15) is 0 Å². The molecule has 0 aliphatic heterocycles. The Kier molecular flexibility index (Phi) is 4.81. The van der Waals surface area contributed by atoms with Crippen molar-refractivity contribution < 1.29 is 13.6 Å². The first-order chi connectivity index (χ1) is 13.6. The number of nitrogens with zero attached hydrogens (tertiary/aromatic N) is 1. The molecule has 4 aromatic rings. The number of furan rings is 1. The Hall–Kier alpha value is -3.60. The molecule has 0 saturated carbocycles. The van der Waals surface area contributed by atoms with Crippen LogP contribution in [0.4, 0.5) is 0 Å². The number of fused-ring (bicyclic) bond motifs is 1. The molecule has 0 bridgehead atoms. The standard InChI is InChI=1S/C23H19NO4/c1-16-8-10-17(11-9-16)14-24(15-19-6-4-12-27-19)22(25)20-13-18-5-2-3-7-21(18)28-23(20)26/h2-13H,14-15H2,1H3. The van der Waals surface area contributed by atoms with Crippen molar-refractivity contribution in [2.24, 2.45) is 0 Å². The van der Waals surface area contributed by atoms with Crippen molar-refractivity contribution in [3.63, 3.8) is 0 Å². The van der Waals surface area contributed by atoms with Crippen molar-refractivity contribution in [3.8, 4) is 0 Å². The highest BCUT2D eigenvalue weighted by Gasteiger charge is 2.22. The number of hydrogen-bond donors (Lipinski definition) is 0. The fourth-order valence-corrected chi connectivity index (χ4v) is 3.09. The molecule has 5 nitrogen and oxygen atoms in total. The molecule has 0 aliphatic rings. The van der Waals surface area contributed by atoms with Gasteiger partial charge in [-0.3, -0.25) is 4.79 Å². The van der Waals surface area contributed by atoms with Crippen LogP contribution in [0.5, 0.6) is 0 Å². The van der Waals surface area contributed by atoms with E-state index in [9.17, 15) is 9.59 Å². The van der Waals surface area contributed by atoms with Crippen LogP contribution in [0.2, 0.25) is 0 Å². The minimum absolute atomic E-state index is 0.0115. The summed E-state index contributed by atoms with van der Waals surface area (Å²) in [6.07, 6.45) is 1.56. The lowest BCUT2D eigenvalue weighted by Crippen LogP contribution is -2.33. The van der Waals surface area contributed by atoms with Gasteiger partial charge in [-0.05, 0) is 36.8 Å². The summed E-state index contributed by atoms with van der Waals surface area (Å²) in [6.45, 7) is 2.62. The largest absolute Gasteiger partial charge is 0.467 e. The van der Waals surface area contributed by atoms with Crippen molar-refractivity contribution >= 4 is 16.9 Å². The molecule has 28 heavy (non-hydrogen) atoms. The molecule has 2 aromatic carbocycles. The monoisotopic (exact) mass is 373 g/mol. The molecule has 4 rings (SSSR count). The Bertz CT molecular complexity index is 1160. The van der Waals surface area contributed by atoms with Gasteiger partial charge in [0.15, 0.2) is 0 Å². The second kappa shape index (κ2) is 7.56. The Labute approximate surface area is 161 Å². The maximum Gasteiger partial charge on any atom is 0.349 e. The molecular formula is C23H19NO4. The Balaban J connectivity index is 1.70. The van der Waals surface area contributed by atoms with E-state index in [1.165, 1.54) is 0 Å². The van der Waals surface area contributed by atoms with Gasteiger partial charge in [0, 0.05) is 11.9 Å². The molecule has 5 heteroatoms. The predicted molar refractivity (Wildman–Crippen MR) is 106 cm³/mol. The van der Waals surface area contributed by atoms with Crippen LogP contribution in [-0.2, 0) is 13.1 Å². The lowest BCUT2D eigenvalue weighted by molar-refractivity contribution is 0.0713. The van der Waals surface area contributed by atoms with Crippen molar-refractivity contribution in [1.29, 1.82) is 0 Å². The number of benzene rings is 2. The molecule has 0 N–H and O–H groups in total. The van der Waals surface area contributed by atoms with E-state index in [0.717, 1.165) is 11.1 Å². The smallest absolute Gasteiger partial charge is 0.349 e. The highest BCUT2D eigenvalue weighted by Crippen LogP contribution is 2.17. The molecule has 2 heterocycles. The van der Waals surface area contributed by atoms with Crippen LogP contribution >= 0.6 is 0 Å². The first-order valence-electron chi connectivity index (χ1n) is 9.00. The van der Waals surface area contributed by atoms with Gasteiger partial charge >= 0.3 is 5.63 Å². The van der Waals surface area contributed by atoms with Crippen molar-refractivity contribution in [2.45, 2.75) is 20.0 Å². The summed E-state index contributed by atoms with van der Waals surface area (Å²) in [5.41, 5.74) is 1.94. The molecule has 0 radical (unpaired) electrons. The van der Waals surface area contributed by atoms with Crippen molar-refractivity contribution in [1.82, 2.24) is 4.90 Å². The van der Waals surface area contributed by atoms with Crippen LogP contribution < -0.4 is 5.63 Å². The zero-order chi connectivity index (χ0) is 19.5. The molecule has 0 aliphatic carbocycles. The SMILES string of the molecule is Cc1ccc(CN(Cc2ccco2)C(=O)c2cc3ccccc3oc2=O)cc1. The van der Waals surface area contributed by atoms with E-state index in [4.69, 9.17) is 8.83 Å². The third-order valence-electron chi connectivity index (χ3n) is 4.58. The number of aryl methyl sites for hydroxylation is 1. The fourth-order valence-electron chi connectivity index (χ4n) is 3.09. The summed E-state index contributed by atoms with van der Waals surface area (Å²) in [5.74, 6) is 0.252. The van der Waals surface area contributed by atoms with Gasteiger partial charge in [-0.15, -0.1) is 0 Å². The molecule has 0 spiro atoms. The number of hydrogen-bond acceptors (Lipinski definition) is 4. The van der Waals surface area contributed by atoms with Gasteiger partial charge in [0.2, 0.25) is 0 Å². The van der Waals surface area contributed by atoms with Crippen LogP contribution in [0, 0.1) is 6.92 Å². The van der Waals surface area contributed by atoms with Crippen molar-refractivity contribution in [2.75, 3.05) is 0 Å². The third-order valence-corrected chi connectivity index (χ3v) is 4.58. The van der Waals surface area contributed by atoms with Gasteiger partial charge in [0.1, 0.15) is 16.9 Å². The summed E-state index contributed by atoms with van der Waals surface area (Å²) in [7, 11) is 0. The average Bonchev–Trinajstić information content (AvgIpc) is 3.21. The number of para-hydroxylation sites is 1. The predicted octanol–water partition coefficient (Wildman–Crippen LogP) is 4.54. The fraction of sp³-hybridized carbons (Fsp3) is 0.130. The van der Waals surface area contributed by atoms with Crippen LogP contribution in [0.3, 0.4) is 0 Å². The van der Waals surface area contributed by atoms with E-state index in [0.29, 0.717) is 23.3 Å². The molecule has 2 aromatic heterocycles. The molecule has 0 unspecified atom stereocenters. The molecule has 1 amide bonds. The quantitative estimate of drug-likeness (QED) is 0.482. The minimum atomic E-state index is -0.642. The summed E-state index contributed by atoms with van der Waals surface area (Å²) < 4.78 is 10.8. The first-order valence-corrected chi connectivity index (χ1v) is 9.00. The molecule has 0 saturated heterocycles. The Morgan fingerprint density at radius 1 is 0.964 bits per heavy atom. The summed E-state index contributed by atoms with van der Waals surface area (Å²) in [6, 6.07) is 20.2. The lowest BCUT2D eigenvalue weighted by atomic mass is 10.1. The lowest BCUT2D eigenvalue weighted by Gasteiger charge is -2.21. The maximum absolute atomic E-state index is 13.2. The van der Waals surface area contributed by atoms with Crippen molar-refractivity contribution in [3.05, 3.63) is 106 Å². The van der Waals surface area contributed by atoms with E-state index in [1.54, 1.807) is 41.5 Å². The highest BCUT2D eigenvalue weighted by molar-refractivity contribution is 5.96. The van der Waals surface area contributed by atoms with E-state index in [2.05, 4.69) is 0 Å². The topological polar surface area (TPSA) is 63.7 Å². The second-order valence-corrected chi connectivity index (χ2v) is 6.71.